The molecule has 0 radical (unpaired) electrons. The van der Waals surface area contributed by atoms with Crippen molar-refractivity contribution in [2.45, 2.75) is 57.3 Å². The number of nitrogens with one attached hydrogen (secondary N) is 1. The van der Waals surface area contributed by atoms with Crippen LogP contribution in [0.25, 0.3) is 0 Å². The monoisotopic (exact) mass is 353 g/mol. The molecule has 116 valence electrons. The quantitative estimate of drug-likeness (QED) is 0.866. The minimum atomic E-state index is 0.139. The van der Waals surface area contributed by atoms with E-state index in [1.807, 2.05) is 0 Å². The predicted molar refractivity (Wildman–Crippen MR) is 87.7 cm³/mol. The van der Waals surface area contributed by atoms with E-state index in [1.165, 1.54) is 24.8 Å². The first-order valence-corrected chi connectivity index (χ1v) is 8.80. The van der Waals surface area contributed by atoms with Crippen LogP contribution in [0.1, 0.15) is 44.6 Å². The molecular weight excluding hydrogens is 330 g/mol. The van der Waals surface area contributed by atoms with E-state index >= 15 is 0 Å². The third-order valence-corrected chi connectivity index (χ3v) is 5.20. The van der Waals surface area contributed by atoms with Gasteiger partial charge in [-0.1, -0.05) is 13.0 Å². The first-order chi connectivity index (χ1) is 10.2. The third kappa shape index (κ3) is 3.61. The van der Waals surface area contributed by atoms with Crippen molar-refractivity contribution in [3.63, 3.8) is 0 Å². The van der Waals surface area contributed by atoms with Crippen molar-refractivity contribution >= 4 is 15.9 Å². The molecule has 1 N–H and O–H groups in total. The molecule has 1 aliphatic carbocycles. The number of halogens is 1. The Kier molecular flexibility index (Phi) is 4.87. The summed E-state index contributed by atoms with van der Waals surface area (Å²) in [5.74, 6) is 0.955. The molecule has 3 nitrogen and oxygen atoms in total. The van der Waals surface area contributed by atoms with E-state index in [0.29, 0.717) is 0 Å². The maximum atomic E-state index is 6.23. The zero-order chi connectivity index (χ0) is 14.7. The van der Waals surface area contributed by atoms with Crippen molar-refractivity contribution in [2.24, 2.45) is 0 Å². The number of benzene rings is 1. The van der Waals surface area contributed by atoms with Gasteiger partial charge in [-0.15, -0.1) is 0 Å². The molecule has 4 heteroatoms. The van der Waals surface area contributed by atoms with Gasteiger partial charge in [0.25, 0.3) is 0 Å². The maximum Gasteiger partial charge on any atom is 0.133 e. The van der Waals surface area contributed by atoms with Gasteiger partial charge < -0.3 is 14.8 Å². The fraction of sp³-hybridized carbons (Fsp3) is 0.647. The first kappa shape index (κ1) is 15.3. The summed E-state index contributed by atoms with van der Waals surface area (Å²) < 4.78 is 13.2. The minimum absolute atomic E-state index is 0.139. The highest BCUT2D eigenvalue weighted by Crippen LogP contribution is 2.43. The Balaban J connectivity index is 1.61. The van der Waals surface area contributed by atoms with Gasteiger partial charge >= 0.3 is 0 Å². The Morgan fingerprint density at radius 1 is 1.43 bits per heavy atom. The Bertz CT molecular complexity index is 488. The van der Waals surface area contributed by atoms with Crippen molar-refractivity contribution in [3.8, 4) is 5.75 Å². The number of hydrogen-bond donors (Lipinski definition) is 1. The fourth-order valence-electron chi connectivity index (χ4n) is 3.20. The second kappa shape index (κ2) is 6.67. The molecule has 1 unspecified atom stereocenters. The largest absolute Gasteiger partial charge is 0.489 e. The van der Waals surface area contributed by atoms with Crippen LogP contribution in [0.4, 0.5) is 0 Å². The lowest BCUT2D eigenvalue weighted by atomic mass is 9.74. The molecule has 1 aliphatic heterocycles. The van der Waals surface area contributed by atoms with Gasteiger partial charge in [0.1, 0.15) is 11.9 Å². The van der Waals surface area contributed by atoms with Gasteiger partial charge in [0.05, 0.1) is 16.7 Å². The van der Waals surface area contributed by atoms with Gasteiger partial charge in [0.2, 0.25) is 0 Å². The van der Waals surface area contributed by atoms with Gasteiger partial charge in [-0.05, 0) is 59.4 Å². The van der Waals surface area contributed by atoms with E-state index < -0.39 is 0 Å². The Hall–Kier alpha value is -0.580. The summed E-state index contributed by atoms with van der Waals surface area (Å²) >= 11 is 3.64. The highest BCUT2D eigenvalue weighted by Gasteiger charge is 2.43. The van der Waals surface area contributed by atoms with Crippen LogP contribution in [0.5, 0.6) is 5.75 Å². The van der Waals surface area contributed by atoms with Gasteiger partial charge in [0, 0.05) is 19.4 Å². The zero-order valence-electron chi connectivity index (χ0n) is 12.7. The van der Waals surface area contributed by atoms with E-state index in [2.05, 4.69) is 46.4 Å². The first-order valence-electron chi connectivity index (χ1n) is 8.00. The van der Waals surface area contributed by atoms with Crippen molar-refractivity contribution < 1.29 is 9.47 Å². The lowest BCUT2D eigenvalue weighted by molar-refractivity contribution is -0.153. The third-order valence-electron chi connectivity index (χ3n) is 4.58. The molecule has 21 heavy (non-hydrogen) atoms. The van der Waals surface area contributed by atoms with Crippen LogP contribution in [0.2, 0.25) is 0 Å². The second-order valence-electron chi connectivity index (χ2n) is 6.16. The summed E-state index contributed by atoms with van der Waals surface area (Å²) in [6.45, 7) is 4.84. The highest BCUT2D eigenvalue weighted by molar-refractivity contribution is 9.10. The Morgan fingerprint density at radius 3 is 2.95 bits per heavy atom. The summed E-state index contributed by atoms with van der Waals surface area (Å²) in [5, 5.41) is 3.34. The Labute approximate surface area is 135 Å². The van der Waals surface area contributed by atoms with E-state index in [0.717, 1.165) is 42.8 Å². The predicted octanol–water partition coefficient (Wildman–Crippen LogP) is 4.04. The van der Waals surface area contributed by atoms with Gasteiger partial charge in [0.15, 0.2) is 0 Å². The van der Waals surface area contributed by atoms with Crippen LogP contribution in [0.3, 0.4) is 0 Å². The van der Waals surface area contributed by atoms with Crippen LogP contribution >= 0.6 is 15.9 Å². The average Bonchev–Trinajstić information content (AvgIpc) is 2.46. The second-order valence-corrected chi connectivity index (χ2v) is 7.02. The molecular formula is C17H24BrNO2. The molecule has 0 aromatic heterocycles. The molecule has 3 rings (SSSR count). The van der Waals surface area contributed by atoms with Crippen molar-refractivity contribution in [2.75, 3.05) is 13.2 Å². The van der Waals surface area contributed by atoms with E-state index in [-0.39, 0.29) is 11.7 Å². The molecule has 0 bridgehead atoms. The highest BCUT2D eigenvalue weighted by atomic mass is 79.9. The van der Waals surface area contributed by atoms with Crippen molar-refractivity contribution in [3.05, 3.63) is 28.2 Å². The van der Waals surface area contributed by atoms with Crippen molar-refractivity contribution in [1.82, 2.24) is 5.32 Å². The van der Waals surface area contributed by atoms with Crippen LogP contribution in [-0.4, -0.2) is 24.9 Å². The fourth-order valence-corrected chi connectivity index (χ4v) is 3.72. The van der Waals surface area contributed by atoms with Gasteiger partial charge in [-0.25, -0.2) is 0 Å². The summed E-state index contributed by atoms with van der Waals surface area (Å²) in [6, 6.07) is 6.37. The van der Waals surface area contributed by atoms with Gasteiger partial charge in [-0.3, -0.25) is 0 Å². The van der Waals surface area contributed by atoms with E-state index in [9.17, 15) is 0 Å². The Morgan fingerprint density at radius 2 is 2.29 bits per heavy atom. The summed E-state index contributed by atoms with van der Waals surface area (Å²) in [5.41, 5.74) is 1.42. The average molecular weight is 354 g/mol. The van der Waals surface area contributed by atoms with Gasteiger partial charge in [-0.2, -0.15) is 0 Å². The zero-order valence-corrected chi connectivity index (χ0v) is 14.2. The van der Waals surface area contributed by atoms with Crippen LogP contribution in [0, 0.1) is 0 Å². The summed E-state index contributed by atoms with van der Waals surface area (Å²) in [4.78, 5) is 0. The SMILES string of the molecule is CCNCc1ccc(OC2CCOC3(CCC3)C2)c(Br)c1. The van der Waals surface area contributed by atoms with Crippen LogP contribution in [-0.2, 0) is 11.3 Å². The number of ether oxygens (including phenoxy) is 2. The van der Waals surface area contributed by atoms with E-state index in [1.54, 1.807) is 0 Å². The minimum Gasteiger partial charge on any atom is -0.489 e. The molecule has 2 aliphatic rings. The molecule has 1 spiro atoms. The smallest absolute Gasteiger partial charge is 0.133 e. The molecule has 1 atom stereocenters. The molecule has 0 amide bonds. The van der Waals surface area contributed by atoms with Crippen molar-refractivity contribution in [1.29, 1.82) is 0 Å². The topological polar surface area (TPSA) is 30.5 Å². The molecule has 1 aromatic carbocycles. The lowest BCUT2D eigenvalue weighted by Gasteiger charge is -2.46. The molecule has 1 heterocycles. The number of hydrogen-bond acceptors (Lipinski definition) is 3. The lowest BCUT2D eigenvalue weighted by Crippen LogP contribution is -2.48. The maximum absolute atomic E-state index is 6.23. The normalized spacial score (nSPS) is 23.8. The van der Waals surface area contributed by atoms with Crippen LogP contribution in [0.15, 0.2) is 22.7 Å². The van der Waals surface area contributed by atoms with Crippen LogP contribution < -0.4 is 10.1 Å². The summed E-state index contributed by atoms with van der Waals surface area (Å²) in [7, 11) is 0. The molecule has 2 fully saturated rings. The molecule has 1 saturated carbocycles. The van der Waals surface area contributed by atoms with E-state index in [4.69, 9.17) is 9.47 Å². The molecule has 1 aromatic rings. The summed E-state index contributed by atoms with van der Waals surface area (Å²) in [6.07, 6.45) is 6.03. The molecule has 1 saturated heterocycles. The number of rotatable bonds is 5. The standard InChI is InChI=1S/C17H24BrNO2/c1-2-19-12-13-4-5-16(15(18)10-13)21-14-6-9-20-17(11-14)7-3-8-17/h4-5,10,14,19H,2-3,6-9,11-12H2,1H3.